The van der Waals surface area contributed by atoms with Crippen molar-refractivity contribution in [3.63, 3.8) is 0 Å². The summed E-state index contributed by atoms with van der Waals surface area (Å²) >= 11 is 0. The lowest BCUT2D eigenvalue weighted by molar-refractivity contribution is -0.121. The van der Waals surface area contributed by atoms with E-state index in [0.29, 0.717) is 6.54 Å². The first-order valence-corrected chi connectivity index (χ1v) is 7.99. The average molecular weight is 325 g/mol. The van der Waals surface area contributed by atoms with Gasteiger partial charge in [-0.1, -0.05) is 60.7 Å². The third kappa shape index (κ3) is 4.93. The molecule has 0 aliphatic carbocycles. The van der Waals surface area contributed by atoms with Gasteiger partial charge >= 0.3 is 6.03 Å². The van der Waals surface area contributed by atoms with Crippen LogP contribution in [0.3, 0.4) is 0 Å². The van der Waals surface area contributed by atoms with Gasteiger partial charge in [0.1, 0.15) is 0 Å². The van der Waals surface area contributed by atoms with E-state index in [1.54, 1.807) is 6.92 Å². The Morgan fingerprint density at radius 1 is 0.958 bits per heavy atom. The summed E-state index contributed by atoms with van der Waals surface area (Å²) in [4.78, 5) is 25.5. The Bertz CT molecular complexity index is 619. The number of nitrogens with one attached hydrogen (secondary N) is 2. The number of hydrogen-bond donors (Lipinski definition) is 2. The smallest absolute Gasteiger partial charge is 0.321 e. The minimum absolute atomic E-state index is 0.0626. The Morgan fingerprint density at radius 2 is 1.46 bits per heavy atom. The second-order valence-corrected chi connectivity index (χ2v) is 5.55. The molecule has 2 N–H and O–H groups in total. The van der Waals surface area contributed by atoms with Gasteiger partial charge in [-0.05, 0) is 25.1 Å². The van der Waals surface area contributed by atoms with Gasteiger partial charge in [-0.2, -0.15) is 0 Å². The second kappa shape index (κ2) is 8.84. The van der Waals surface area contributed by atoms with Gasteiger partial charge in [0.25, 0.3) is 0 Å². The fourth-order valence-corrected chi connectivity index (χ4v) is 2.66. The van der Waals surface area contributed by atoms with Gasteiger partial charge in [0.05, 0.1) is 12.6 Å². The van der Waals surface area contributed by atoms with Crippen molar-refractivity contribution in [2.24, 2.45) is 0 Å². The SMILES string of the molecule is CCNC(=O)NC(=O)CN(C)C(c1ccccc1)c1ccccc1. The number of carbonyl (C=O) groups excluding carboxylic acids is 2. The van der Waals surface area contributed by atoms with E-state index in [1.807, 2.05) is 72.6 Å². The van der Waals surface area contributed by atoms with Crippen molar-refractivity contribution in [2.75, 3.05) is 20.1 Å². The number of likely N-dealkylation sites (N-methyl/N-ethyl adjacent to an activating group) is 1. The van der Waals surface area contributed by atoms with Gasteiger partial charge in [-0.15, -0.1) is 0 Å². The summed E-state index contributed by atoms with van der Waals surface area (Å²) in [5.41, 5.74) is 2.19. The molecule has 126 valence electrons. The Hall–Kier alpha value is -2.66. The van der Waals surface area contributed by atoms with E-state index in [0.717, 1.165) is 11.1 Å². The van der Waals surface area contributed by atoms with Gasteiger partial charge < -0.3 is 5.32 Å². The van der Waals surface area contributed by atoms with E-state index in [9.17, 15) is 9.59 Å². The Morgan fingerprint density at radius 3 is 1.92 bits per heavy atom. The standard InChI is InChI=1S/C19H23N3O2/c1-3-20-19(24)21-17(23)14-22(2)18(15-10-6-4-7-11-15)16-12-8-5-9-13-16/h4-13,18H,3,14H2,1-2H3,(H2,20,21,23,24). The van der Waals surface area contributed by atoms with Gasteiger partial charge in [0, 0.05) is 6.54 Å². The minimum atomic E-state index is -0.466. The van der Waals surface area contributed by atoms with E-state index in [1.165, 1.54) is 0 Å². The molecule has 0 heterocycles. The number of nitrogens with zero attached hydrogens (tertiary/aromatic N) is 1. The molecule has 0 atom stereocenters. The molecule has 2 aromatic rings. The topological polar surface area (TPSA) is 61.4 Å². The van der Waals surface area contributed by atoms with E-state index in [4.69, 9.17) is 0 Å². The maximum absolute atomic E-state index is 12.1. The van der Waals surface area contributed by atoms with Gasteiger partial charge in [-0.3, -0.25) is 15.0 Å². The zero-order valence-electron chi connectivity index (χ0n) is 14.0. The Kier molecular flexibility index (Phi) is 6.51. The van der Waals surface area contributed by atoms with Crippen LogP contribution in [0.25, 0.3) is 0 Å². The third-order valence-corrected chi connectivity index (χ3v) is 3.65. The monoisotopic (exact) mass is 325 g/mol. The molecule has 2 rings (SSSR count). The van der Waals surface area contributed by atoms with Crippen LogP contribution >= 0.6 is 0 Å². The molecular formula is C19H23N3O2. The summed E-state index contributed by atoms with van der Waals surface area (Å²) < 4.78 is 0. The van der Waals surface area contributed by atoms with Crippen LogP contribution in [-0.4, -0.2) is 37.0 Å². The van der Waals surface area contributed by atoms with Crippen LogP contribution in [0.1, 0.15) is 24.1 Å². The number of rotatable bonds is 6. The molecule has 5 nitrogen and oxygen atoms in total. The molecule has 0 aliphatic rings. The highest BCUT2D eigenvalue weighted by Gasteiger charge is 2.21. The van der Waals surface area contributed by atoms with Gasteiger partial charge in [-0.25, -0.2) is 4.79 Å². The predicted molar refractivity (Wildman–Crippen MR) is 94.6 cm³/mol. The summed E-state index contributed by atoms with van der Waals surface area (Å²) in [6.07, 6.45) is 0. The molecule has 0 unspecified atom stereocenters. The number of benzene rings is 2. The van der Waals surface area contributed by atoms with E-state index < -0.39 is 6.03 Å². The maximum atomic E-state index is 12.1. The van der Waals surface area contributed by atoms with Crippen molar-refractivity contribution in [2.45, 2.75) is 13.0 Å². The highest BCUT2D eigenvalue weighted by molar-refractivity contribution is 5.95. The Labute approximate surface area is 142 Å². The molecule has 0 radical (unpaired) electrons. The highest BCUT2D eigenvalue weighted by Crippen LogP contribution is 2.27. The maximum Gasteiger partial charge on any atom is 0.321 e. The summed E-state index contributed by atoms with van der Waals surface area (Å²) in [5, 5.41) is 4.89. The van der Waals surface area contributed by atoms with Gasteiger partial charge in [0.15, 0.2) is 0 Å². The van der Waals surface area contributed by atoms with Crippen molar-refractivity contribution >= 4 is 11.9 Å². The molecule has 0 aromatic heterocycles. The molecule has 0 spiro atoms. The summed E-state index contributed by atoms with van der Waals surface area (Å²) in [5.74, 6) is -0.333. The lowest BCUT2D eigenvalue weighted by atomic mass is 9.97. The molecule has 0 saturated heterocycles. The van der Waals surface area contributed by atoms with Crippen molar-refractivity contribution in [3.8, 4) is 0 Å². The molecule has 0 aliphatic heterocycles. The number of carbonyl (C=O) groups is 2. The molecule has 2 aromatic carbocycles. The highest BCUT2D eigenvalue weighted by atomic mass is 16.2. The number of urea groups is 1. The fourth-order valence-electron chi connectivity index (χ4n) is 2.66. The third-order valence-electron chi connectivity index (χ3n) is 3.65. The molecule has 5 heteroatoms. The van der Waals surface area contributed by atoms with Crippen molar-refractivity contribution in [1.29, 1.82) is 0 Å². The summed E-state index contributed by atoms with van der Waals surface area (Å²) in [6, 6.07) is 19.5. The fraction of sp³-hybridized carbons (Fsp3) is 0.263. The molecule has 0 fully saturated rings. The second-order valence-electron chi connectivity index (χ2n) is 5.55. The number of amides is 3. The largest absolute Gasteiger partial charge is 0.338 e. The van der Waals surface area contributed by atoms with Gasteiger partial charge in [0.2, 0.25) is 5.91 Å². The zero-order chi connectivity index (χ0) is 17.4. The van der Waals surface area contributed by atoms with Crippen LogP contribution in [0.15, 0.2) is 60.7 Å². The van der Waals surface area contributed by atoms with Crippen LogP contribution < -0.4 is 10.6 Å². The number of imide groups is 1. The van der Waals surface area contributed by atoms with Crippen molar-refractivity contribution in [1.82, 2.24) is 15.5 Å². The molecular weight excluding hydrogens is 302 g/mol. The lowest BCUT2D eigenvalue weighted by Crippen LogP contribution is -2.44. The zero-order valence-corrected chi connectivity index (χ0v) is 14.0. The first-order valence-electron chi connectivity index (χ1n) is 7.99. The minimum Gasteiger partial charge on any atom is -0.338 e. The van der Waals surface area contributed by atoms with E-state index >= 15 is 0 Å². The van der Waals surface area contributed by atoms with Crippen LogP contribution in [-0.2, 0) is 4.79 Å². The van der Waals surface area contributed by atoms with Crippen LogP contribution in [0, 0.1) is 0 Å². The molecule has 24 heavy (non-hydrogen) atoms. The molecule has 0 saturated carbocycles. The first kappa shape index (κ1) is 17.7. The quantitative estimate of drug-likeness (QED) is 0.858. The molecule has 3 amide bonds. The van der Waals surface area contributed by atoms with Crippen molar-refractivity contribution in [3.05, 3.63) is 71.8 Å². The Balaban J connectivity index is 2.15. The van der Waals surface area contributed by atoms with E-state index in [-0.39, 0.29) is 18.5 Å². The summed E-state index contributed by atoms with van der Waals surface area (Å²) in [7, 11) is 1.88. The lowest BCUT2D eigenvalue weighted by Gasteiger charge is -2.28. The molecule has 0 bridgehead atoms. The van der Waals surface area contributed by atoms with Crippen LogP contribution in [0.4, 0.5) is 4.79 Å². The van der Waals surface area contributed by atoms with Crippen LogP contribution in [0.5, 0.6) is 0 Å². The van der Waals surface area contributed by atoms with Crippen LogP contribution in [0.2, 0.25) is 0 Å². The normalized spacial score (nSPS) is 10.7. The average Bonchev–Trinajstić information content (AvgIpc) is 2.57. The van der Waals surface area contributed by atoms with E-state index in [2.05, 4.69) is 10.6 Å². The first-order chi connectivity index (χ1) is 11.6. The predicted octanol–water partition coefficient (Wildman–Crippen LogP) is 2.55. The summed E-state index contributed by atoms with van der Waals surface area (Å²) in [6.45, 7) is 2.40. The number of hydrogen-bond acceptors (Lipinski definition) is 3. The van der Waals surface area contributed by atoms with Crippen molar-refractivity contribution < 1.29 is 9.59 Å².